The van der Waals surface area contributed by atoms with Crippen molar-refractivity contribution in [2.75, 3.05) is 0 Å². The van der Waals surface area contributed by atoms with Gasteiger partial charge in [0.1, 0.15) is 4.90 Å². The fourth-order valence-corrected chi connectivity index (χ4v) is 2.29. The second-order valence-corrected chi connectivity index (χ2v) is 4.60. The minimum atomic E-state index is -3.55. The summed E-state index contributed by atoms with van der Waals surface area (Å²) in [6.07, 6.45) is 0. The Hall–Kier alpha value is -0.254. The van der Waals surface area contributed by atoms with E-state index < -0.39 is 21.9 Å². The van der Waals surface area contributed by atoms with Gasteiger partial charge in [0.25, 0.3) is 21.9 Å². The van der Waals surface area contributed by atoms with Crippen LogP contribution in [0.4, 0.5) is 0 Å². The van der Waals surface area contributed by atoms with Crippen LogP contribution >= 0.6 is 0 Å². The third-order valence-electron chi connectivity index (χ3n) is 1.65. The Morgan fingerprint density at radius 3 is 2.24 bits per heavy atom. The van der Waals surface area contributed by atoms with Gasteiger partial charge in [0.15, 0.2) is 0 Å². The Bertz CT molecular complexity index is 536. The van der Waals surface area contributed by atoms with E-state index in [1.54, 1.807) is 12.1 Å². The molecule has 1 amide bonds. The zero-order valence-corrected chi connectivity index (χ0v) is 9.11. The molecule has 8 heteroatoms. The number of amides is 1. The van der Waals surface area contributed by atoms with E-state index in [9.17, 15) is 13.2 Å². The number of aliphatic carboxylic acids is 1. The molecule has 88 valence electrons. The Morgan fingerprint density at radius 1 is 1.29 bits per heavy atom. The first kappa shape index (κ1) is 16.7. The standard InChI is InChI=1S/C7H5NO3S.C2H4O2.K.H/c9-7-5-3-1-2-4-6(5)12(10,11)8-7;1-2(3)4;;/h1-4H,(H,8,9);1H3,(H,3,4);;. The number of sulfonamides is 1. The molecule has 0 unspecified atom stereocenters. The molecule has 0 aromatic heterocycles. The number of fused-ring (bicyclic) bond motifs is 1. The number of rotatable bonds is 0. The summed E-state index contributed by atoms with van der Waals surface area (Å²) in [5.41, 5.74) is 0.220. The second kappa shape index (κ2) is 6.62. The molecule has 0 atom stereocenters. The van der Waals surface area contributed by atoms with Gasteiger partial charge < -0.3 is 5.11 Å². The van der Waals surface area contributed by atoms with Crippen molar-refractivity contribution >= 4 is 73.3 Å². The minimum absolute atomic E-state index is 0. The number of carbonyl (C=O) groups excluding carboxylic acids is 1. The molecule has 6 nitrogen and oxygen atoms in total. The van der Waals surface area contributed by atoms with Crippen molar-refractivity contribution in [3.63, 3.8) is 0 Å². The second-order valence-electron chi connectivity index (χ2n) is 2.95. The monoisotopic (exact) mass is 283 g/mol. The van der Waals surface area contributed by atoms with Crippen molar-refractivity contribution in [1.82, 2.24) is 4.72 Å². The molecule has 1 aromatic carbocycles. The fourth-order valence-electron chi connectivity index (χ4n) is 1.12. The predicted molar refractivity (Wildman–Crippen MR) is 61.6 cm³/mol. The van der Waals surface area contributed by atoms with Crippen molar-refractivity contribution in [2.24, 2.45) is 0 Å². The van der Waals surface area contributed by atoms with Crippen molar-refractivity contribution < 1.29 is 23.1 Å². The Labute approximate surface area is 141 Å². The molecule has 0 aliphatic carbocycles. The van der Waals surface area contributed by atoms with Gasteiger partial charge in [-0.1, -0.05) is 12.1 Å². The molecule has 0 bridgehead atoms. The average molecular weight is 283 g/mol. The van der Waals surface area contributed by atoms with Gasteiger partial charge in [-0.3, -0.25) is 9.59 Å². The van der Waals surface area contributed by atoms with Crippen LogP contribution in [0.2, 0.25) is 0 Å². The third kappa shape index (κ3) is 4.49. The molecule has 0 fully saturated rings. The number of benzene rings is 1. The molecule has 0 saturated carbocycles. The fraction of sp³-hybridized carbons (Fsp3) is 0.111. The van der Waals surface area contributed by atoms with Gasteiger partial charge in [0.2, 0.25) is 0 Å². The van der Waals surface area contributed by atoms with Gasteiger partial charge in [0.05, 0.1) is 5.56 Å². The topological polar surface area (TPSA) is 101 Å². The van der Waals surface area contributed by atoms with Gasteiger partial charge in [-0.15, -0.1) is 0 Å². The Balaban J connectivity index is 0.000000453. The zero-order chi connectivity index (χ0) is 12.3. The maximum atomic E-state index is 11.1. The summed E-state index contributed by atoms with van der Waals surface area (Å²) in [5, 5.41) is 7.42. The number of carboxylic acid groups (broad SMARTS) is 1. The molecule has 2 N–H and O–H groups in total. The summed E-state index contributed by atoms with van der Waals surface area (Å²) >= 11 is 0. The van der Waals surface area contributed by atoms with Crippen LogP contribution in [-0.2, 0) is 14.8 Å². The van der Waals surface area contributed by atoms with Crippen molar-refractivity contribution in [3.8, 4) is 0 Å². The number of carboxylic acids is 1. The zero-order valence-electron chi connectivity index (χ0n) is 8.30. The SMILES string of the molecule is CC(=O)O.O=C1NS(=O)(=O)c2ccccc21.[KH]. The molecule has 1 aliphatic heterocycles. The first-order chi connectivity index (χ1) is 7.34. The van der Waals surface area contributed by atoms with Crippen LogP contribution in [0, 0.1) is 0 Å². The van der Waals surface area contributed by atoms with Gasteiger partial charge in [-0.2, -0.15) is 0 Å². The van der Waals surface area contributed by atoms with Crippen LogP contribution in [0.3, 0.4) is 0 Å². The Kier molecular flexibility index (Phi) is 6.52. The first-order valence-corrected chi connectivity index (χ1v) is 5.68. The summed E-state index contributed by atoms with van der Waals surface area (Å²) in [6, 6.07) is 6.09. The molecule has 1 heterocycles. The van der Waals surface area contributed by atoms with E-state index in [1.165, 1.54) is 12.1 Å². The average Bonchev–Trinajstić information content (AvgIpc) is 2.38. The van der Waals surface area contributed by atoms with Gasteiger partial charge in [-0.05, 0) is 12.1 Å². The van der Waals surface area contributed by atoms with Gasteiger partial charge in [-0.25, -0.2) is 13.1 Å². The number of nitrogens with one attached hydrogen (secondary N) is 1. The van der Waals surface area contributed by atoms with Gasteiger partial charge >= 0.3 is 51.4 Å². The van der Waals surface area contributed by atoms with Crippen LogP contribution in [0.1, 0.15) is 17.3 Å². The van der Waals surface area contributed by atoms with Crippen LogP contribution in [-0.4, -0.2) is 76.8 Å². The van der Waals surface area contributed by atoms with E-state index in [1.807, 2.05) is 4.72 Å². The number of hydrogen-bond acceptors (Lipinski definition) is 4. The van der Waals surface area contributed by atoms with E-state index >= 15 is 0 Å². The normalized spacial score (nSPS) is 14.5. The first-order valence-electron chi connectivity index (χ1n) is 4.20. The summed E-state index contributed by atoms with van der Waals surface area (Å²) in [4.78, 5) is 20.1. The van der Waals surface area contributed by atoms with Crippen LogP contribution in [0.5, 0.6) is 0 Å². The predicted octanol–water partition coefficient (Wildman–Crippen LogP) is -0.439. The Morgan fingerprint density at radius 2 is 1.76 bits per heavy atom. The summed E-state index contributed by atoms with van der Waals surface area (Å²) in [7, 11) is -3.55. The molecule has 17 heavy (non-hydrogen) atoms. The summed E-state index contributed by atoms with van der Waals surface area (Å²) in [6.45, 7) is 1.08. The number of hydrogen-bond donors (Lipinski definition) is 2. The van der Waals surface area contributed by atoms with E-state index in [2.05, 4.69) is 0 Å². The van der Waals surface area contributed by atoms with Crippen LogP contribution < -0.4 is 4.72 Å². The van der Waals surface area contributed by atoms with Crippen molar-refractivity contribution in [2.45, 2.75) is 11.8 Å². The van der Waals surface area contributed by atoms with Crippen LogP contribution in [0.15, 0.2) is 29.2 Å². The third-order valence-corrected chi connectivity index (χ3v) is 3.04. The molecular weight excluding hydrogens is 273 g/mol. The van der Waals surface area contributed by atoms with Crippen molar-refractivity contribution in [1.29, 1.82) is 0 Å². The molecule has 2 rings (SSSR count). The molecular formula is C9H10KNO5S. The van der Waals surface area contributed by atoms with Gasteiger partial charge in [0, 0.05) is 6.92 Å². The summed E-state index contributed by atoms with van der Waals surface area (Å²) < 4.78 is 24.2. The quantitative estimate of drug-likeness (QED) is 0.629. The van der Waals surface area contributed by atoms with E-state index in [0.29, 0.717) is 0 Å². The van der Waals surface area contributed by atoms with Crippen LogP contribution in [0.25, 0.3) is 0 Å². The maximum absolute atomic E-state index is 11.1. The molecule has 0 spiro atoms. The molecule has 1 aromatic rings. The van der Waals surface area contributed by atoms with Crippen molar-refractivity contribution in [3.05, 3.63) is 29.8 Å². The van der Waals surface area contributed by atoms with E-state index in [-0.39, 0.29) is 61.8 Å². The molecule has 0 saturated heterocycles. The number of carbonyl (C=O) groups is 2. The van der Waals surface area contributed by atoms with E-state index in [4.69, 9.17) is 9.90 Å². The molecule has 1 aliphatic rings. The molecule has 0 radical (unpaired) electrons. The summed E-state index contributed by atoms with van der Waals surface area (Å²) in [5.74, 6) is -1.38. The van der Waals surface area contributed by atoms with E-state index in [0.717, 1.165) is 6.92 Å².